The van der Waals surface area contributed by atoms with E-state index in [2.05, 4.69) is 0 Å². The van der Waals surface area contributed by atoms with Crippen LogP contribution in [0.25, 0.3) is 0 Å². The number of esters is 1. The van der Waals surface area contributed by atoms with Crippen molar-refractivity contribution in [3.05, 3.63) is 18.4 Å². The summed E-state index contributed by atoms with van der Waals surface area (Å²) >= 11 is 1.64. The van der Waals surface area contributed by atoms with Crippen LogP contribution in [0.4, 0.5) is 0 Å². The monoisotopic (exact) mass is 215 g/mol. The molecule has 0 aliphatic rings. The predicted octanol–water partition coefficient (Wildman–Crippen LogP) is 1.27. The summed E-state index contributed by atoms with van der Waals surface area (Å²) in [5.41, 5.74) is 5.59. The van der Waals surface area contributed by atoms with Crippen LogP contribution in [0.1, 0.15) is 6.42 Å². The van der Waals surface area contributed by atoms with Gasteiger partial charge in [0, 0.05) is 6.07 Å². The molecular formula is C9H13NO3S. The minimum absolute atomic E-state index is 0.189. The van der Waals surface area contributed by atoms with E-state index in [1.807, 2.05) is 6.26 Å². The Labute approximate surface area is 86.8 Å². The molecule has 0 aromatic carbocycles. The van der Waals surface area contributed by atoms with Gasteiger partial charge in [-0.1, -0.05) is 0 Å². The summed E-state index contributed by atoms with van der Waals surface area (Å²) in [6, 6.07) is 2.64. The molecular weight excluding hydrogens is 202 g/mol. The highest BCUT2D eigenvalue weighted by molar-refractivity contribution is 7.98. The molecule has 4 nitrogen and oxygen atoms in total. The Morgan fingerprint density at radius 1 is 1.79 bits per heavy atom. The van der Waals surface area contributed by atoms with Crippen molar-refractivity contribution in [2.45, 2.75) is 12.5 Å². The van der Waals surface area contributed by atoms with Crippen molar-refractivity contribution in [2.75, 3.05) is 12.0 Å². The molecule has 1 aromatic rings. The molecule has 0 aliphatic heterocycles. The average molecular weight is 215 g/mol. The number of carbonyl (C=O) groups is 1. The Morgan fingerprint density at radius 3 is 3.14 bits per heavy atom. The topological polar surface area (TPSA) is 65.5 Å². The van der Waals surface area contributed by atoms with E-state index in [0.717, 1.165) is 5.75 Å². The van der Waals surface area contributed by atoms with Gasteiger partial charge < -0.3 is 14.9 Å². The third kappa shape index (κ3) is 3.43. The number of rotatable bonds is 5. The van der Waals surface area contributed by atoms with Crippen molar-refractivity contribution in [1.29, 1.82) is 0 Å². The van der Waals surface area contributed by atoms with Crippen molar-refractivity contribution >= 4 is 17.7 Å². The molecule has 0 fully saturated rings. The van der Waals surface area contributed by atoms with E-state index in [0.29, 0.717) is 6.42 Å². The summed E-state index contributed by atoms with van der Waals surface area (Å²) in [6.07, 6.45) is 4.02. The molecule has 0 aliphatic carbocycles. The van der Waals surface area contributed by atoms with Gasteiger partial charge >= 0.3 is 5.97 Å². The lowest BCUT2D eigenvalue weighted by Gasteiger charge is -2.07. The Balaban J connectivity index is 2.34. The highest BCUT2D eigenvalue weighted by Crippen LogP contribution is 2.11. The smallest absolute Gasteiger partial charge is 0.330 e. The van der Waals surface area contributed by atoms with Crippen molar-refractivity contribution in [3.8, 4) is 5.95 Å². The molecule has 0 saturated heterocycles. The van der Waals surface area contributed by atoms with E-state index < -0.39 is 12.0 Å². The number of furan rings is 1. The minimum atomic E-state index is -0.576. The Kier molecular flexibility index (Phi) is 4.55. The van der Waals surface area contributed by atoms with E-state index in [1.165, 1.54) is 6.26 Å². The largest absolute Gasteiger partial charge is 0.434 e. The maximum absolute atomic E-state index is 11.3. The third-order valence-corrected chi connectivity index (χ3v) is 2.28. The minimum Gasteiger partial charge on any atom is -0.434 e. The molecule has 78 valence electrons. The SMILES string of the molecule is CSCC[C@H](N)C(=O)Oc1ccco1. The van der Waals surface area contributed by atoms with Crippen LogP contribution in [0.2, 0.25) is 0 Å². The lowest BCUT2D eigenvalue weighted by atomic mass is 10.2. The van der Waals surface area contributed by atoms with Crippen molar-refractivity contribution in [1.82, 2.24) is 0 Å². The number of hydrogen-bond donors (Lipinski definition) is 1. The molecule has 1 atom stereocenters. The molecule has 0 unspecified atom stereocenters. The number of thioether (sulfide) groups is 1. The van der Waals surface area contributed by atoms with Gasteiger partial charge in [-0.05, 0) is 24.5 Å². The molecule has 14 heavy (non-hydrogen) atoms. The maximum Gasteiger partial charge on any atom is 0.330 e. The van der Waals surface area contributed by atoms with E-state index in [1.54, 1.807) is 23.9 Å². The number of carbonyl (C=O) groups excluding carboxylic acids is 1. The number of nitrogens with two attached hydrogens (primary N) is 1. The first-order valence-corrected chi connectivity index (χ1v) is 5.63. The van der Waals surface area contributed by atoms with Gasteiger partial charge in [-0.2, -0.15) is 11.8 Å². The Hall–Kier alpha value is -0.940. The molecule has 0 amide bonds. The quantitative estimate of drug-likeness (QED) is 0.749. The van der Waals surface area contributed by atoms with E-state index in [9.17, 15) is 4.79 Å². The summed E-state index contributed by atoms with van der Waals surface area (Å²) < 4.78 is 9.73. The van der Waals surface area contributed by atoms with Crippen LogP contribution in [0.15, 0.2) is 22.8 Å². The molecule has 0 radical (unpaired) electrons. The highest BCUT2D eigenvalue weighted by Gasteiger charge is 2.16. The Morgan fingerprint density at radius 2 is 2.57 bits per heavy atom. The molecule has 0 spiro atoms. The van der Waals surface area contributed by atoms with E-state index in [4.69, 9.17) is 14.9 Å². The molecule has 0 bridgehead atoms. The lowest BCUT2D eigenvalue weighted by Crippen LogP contribution is -2.34. The van der Waals surface area contributed by atoms with Crippen molar-refractivity contribution in [3.63, 3.8) is 0 Å². The van der Waals surface area contributed by atoms with Gasteiger partial charge in [0.05, 0.1) is 6.26 Å². The first kappa shape index (κ1) is 11.1. The lowest BCUT2D eigenvalue weighted by molar-refractivity contribution is -0.137. The van der Waals surface area contributed by atoms with Gasteiger partial charge in [0.1, 0.15) is 6.04 Å². The second-order valence-electron chi connectivity index (χ2n) is 2.74. The average Bonchev–Trinajstić information content (AvgIpc) is 2.66. The molecule has 1 heterocycles. The normalized spacial score (nSPS) is 12.4. The van der Waals surface area contributed by atoms with Crippen molar-refractivity contribution in [2.24, 2.45) is 5.73 Å². The Bertz CT molecular complexity index is 274. The molecule has 1 rings (SSSR count). The van der Waals surface area contributed by atoms with Gasteiger partial charge in [-0.3, -0.25) is 0 Å². The van der Waals surface area contributed by atoms with Crippen molar-refractivity contribution < 1.29 is 13.9 Å². The zero-order chi connectivity index (χ0) is 10.4. The summed E-state index contributed by atoms with van der Waals surface area (Å²) in [4.78, 5) is 11.3. The number of hydrogen-bond acceptors (Lipinski definition) is 5. The van der Waals surface area contributed by atoms with Gasteiger partial charge in [-0.25, -0.2) is 4.79 Å². The molecule has 0 saturated carbocycles. The second-order valence-corrected chi connectivity index (χ2v) is 3.73. The summed E-state index contributed by atoms with van der Waals surface area (Å²) in [5, 5.41) is 0. The van der Waals surface area contributed by atoms with Crippen LogP contribution in [-0.4, -0.2) is 24.0 Å². The van der Waals surface area contributed by atoms with E-state index in [-0.39, 0.29) is 5.95 Å². The van der Waals surface area contributed by atoms with Crippen LogP contribution in [0.5, 0.6) is 5.95 Å². The fourth-order valence-corrected chi connectivity index (χ4v) is 1.35. The van der Waals surface area contributed by atoms with Crippen LogP contribution < -0.4 is 10.5 Å². The molecule has 2 N–H and O–H groups in total. The van der Waals surface area contributed by atoms with E-state index >= 15 is 0 Å². The van der Waals surface area contributed by atoms with Gasteiger partial charge in [0.25, 0.3) is 5.95 Å². The van der Waals surface area contributed by atoms with Gasteiger partial charge in [-0.15, -0.1) is 0 Å². The van der Waals surface area contributed by atoms with Crippen LogP contribution in [0.3, 0.4) is 0 Å². The zero-order valence-corrected chi connectivity index (χ0v) is 8.75. The summed E-state index contributed by atoms with van der Waals surface area (Å²) in [7, 11) is 0. The number of ether oxygens (including phenoxy) is 1. The van der Waals surface area contributed by atoms with Gasteiger partial charge in [0.15, 0.2) is 0 Å². The van der Waals surface area contributed by atoms with Crippen LogP contribution >= 0.6 is 11.8 Å². The second kappa shape index (κ2) is 5.72. The molecule has 5 heteroatoms. The van der Waals surface area contributed by atoms with Crippen LogP contribution in [0, 0.1) is 0 Å². The predicted molar refractivity (Wildman–Crippen MR) is 55.3 cm³/mol. The van der Waals surface area contributed by atoms with Crippen LogP contribution in [-0.2, 0) is 4.79 Å². The standard InChI is InChI=1S/C9H13NO3S/c1-14-6-4-7(10)9(11)13-8-3-2-5-12-8/h2-3,5,7H,4,6,10H2,1H3/t7-/m0/s1. The van der Waals surface area contributed by atoms with Gasteiger partial charge in [0.2, 0.25) is 0 Å². The fraction of sp³-hybridized carbons (Fsp3) is 0.444. The third-order valence-electron chi connectivity index (χ3n) is 1.63. The highest BCUT2D eigenvalue weighted by atomic mass is 32.2. The summed E-state index contributed by atoms with van der Waals surface area (Å²) in [5.74, 6) is 0.581. The fourth-order valence-electron chi connectivity index (χ4n) is 0.859. The zero-order valence-electron chi connectivity index (χ0n) is 7.93. The first-order valence-electron chi connectivity index (χ1n) is 4.23. The maximum atomic E-state index is 11.3. The summed E-state index contributed by atoms with van der Waals surface area (Å²) in [6.45, 7) is 0. The molecule has 1 aromatic heterocycles. The first-order chi connectivity index (χ1) is 6.74.